The zero-order valence-corrected chi connectivity index (χ0v) is 31.1. The lowest BCUT2D eigenvalue weighted by atomic mass is 10.1. The van der Waals surface area contributed by atoms with Crippen LogP contribution in [0.5, 0.6) is 5.75 Å². The van der Waals surface area contributed by atoms with Gasteiger partial charge < -0.3 is 10.8 Å². The summed E-state index contributed by atoms with van der Waals surface area (Å²) in [7, 11) is -31.2. The molecule has 0 amide bonds. The van der Waals surface area contributed by atoms with Crippen molar-refractivity contribution in [3.8, 4) is 5.75 Å². The van der Waals surface area contributed by atoms with E-state index in [0.29, 0.717) is 48.5 Å². The Hall–Kier alpha value is -4.67. The summed E-state index contributed by atoms with van der Waals surface area (Å²) in [5.74, 6) is -3.73. The number of nitrogen functional groups attached to an aromatic ring is 1. The molecular weight excluding hydrogens is 874 g/mol. The number of anilines is 1. The standard InChI is InChI=1S/C24H20FN5O19S6/c25-12-1-3-14(16(9-12)51(34,35)36)27-29-22-18(53(40,41)42)7-11-8-19(54(43,44)45)23(24(31)20(11)21(22)26)30-28-15-4-2-13(10-17(15)52(37,38)39)50(32,33)6-5-49-55(46,47)48/h1-4,7-10,31H,5-6,26H2,(H,34,35,36)(H,37,38,39)(H,40,41,42)(H,43,44,45)(H,46,47,48). The van der Waals surface area contributed by atoms with E-state index in [2.05, 4.69) is 24.6 Å². The Balaban J connectivity index is 1.98. The van der Waals surface area contributed by atoms with Crippen LogP contribution in [0.25, 0.3) is 10.8 Å². The first-order chi connectivity index (χ1) is 24.9. The van der Waals surface area contributed by atoms with Crippen LogP contribution < -0.4 is 5.73 Å². The molecule has 0 spiro atoms. The number of aromatic hydroxyl groups is 1. The van der Waals surface area contributed by atoms with Gasteiger partial charge in [-0.1, -0.05) is 0 Å². The number of hydrogen-bond acceptors (Lipinski definition) is 19. The predicted octanol–water partition coefficient (Wildman–Crippen LogP) is 2.68. The Labute approximate surface area is 308 Å². The topological polar surface area (TPSA) is 411 Å². The highest BCUT2D eigenvalue weighted by Gasteiger charge is 2.29. The Morgan fingerprint density at radius 1 is 0.600 bits per heavy atom. The fourth-order valence-corrected chi connectivity index (χ4v) is 8.63. The number of fused-ring (bicyclic) bond motifs is 1. The van der Waals surface area contributed by atoms with Crippen LogP contribution in [0.15, 0.2) is 93.5 Å². The van der Waals surface area contributed by atoms with Crippen molar-refractivity contribution in [2.45, 2.75) is 24.5 Å². The van der Waals surface area contributed by atoms with Crippen molar-refractivity contribution in [3.05, 3.63) is 54.3 Å². The maximum absolute atomic E-state index is 13.7. The molecule has 24 nitrogen and oxygen atoms in total. The molecule has 0 atom stereocenters. The fraction of sp³-hybridized carbons (Fsp3) is 0.0833. The van der Waals surface area contributed by atoms with E-state index in [1.54, 1.807) is 0 Å². The second kappa shape index (κ2) is 14.8. The minimum absolute atomic E-state index is 0.303. The molecular formula is C24H20FN5O19S6. The number of azo groups is 2. The summed E-state index contributed by atoms with van der Waals surface area (Å²) in [6, 6.07) is 4.02. The lowest BCUT2D eigenvalue weighted by Crippen LogP contribution is -2.16. The molecule has 0 saturated carbocycles. The van der Waals surface area contributed by atoms with E-state index in [-0.39, 0.29) is 0 Å². The van der Waals surface area contributed by atoms with Gasteiger partial charge in [-0.25, -0.2) is 17.0 Å². The van der Waals surface area contributed by atoms with Crippen molar-refractivity contribution >= 4 is 99.9 Å². The molecule has 8 N–H and O–H groups in total. The summed E-state index contributed by atoms with van der Waals surface area (Å²) in [6.45, 7) is -1.14. The maximum atomic E-state index is 13.7. The SMILES string of the molecule is Nc1c(N=Nc2ccc(F)cc2S(=O)(=O)O)c(S(=O)(=O)O)cc2cc(S(=O)(=O)O)c(N=Nc3ccc(S(=O)(=O)CCOS(=O)(=O)O)cc3S(=O)(=O)O)c(O)c12. The van der Waals surface area contributed by atoms with E-state index < -0.39 is 148 Å². The monoisotopic (exact) mass is 893 g/mol. The second-order valence-electron chi connectivity index (χ2n) is 10.4. The number of halogens is 1. The van der Waals surface area contributed by atoms with E-state index in [1.165, 1.54) is 0 Å². The van der Waals surface area contributed by atoms with Gasteiger partial charge in [0.2, 0.25) is 0 Å². The average Bonchev–Trinajstić information content (AvgIpc) is 3.01. The zero-order chi connectivity index (χ0) is 41.7. The van der Waals surface area contributed by atoms with Gasteiger partial charge >= 0.3 is 10.4 Å². The molecule has 0 aliphatic carbocycles. The van der Waals surface area contributed by atoms with E-state index in [1.807, 2.05) is 0 Å². The van der Waals surface area contributed by atoms with Gasteiger partial charge in [0, 0.05) is 0 Å². The minimum atomic E-state index is -5.51. The maximum Gasteiger partial charge on any atom is 0.397 e. The van der Waals surface area contributed by atoms with E-state index in [4.69, 9.17) is 10.3 Å². The fourth-order valence-electron chi connectivity index (χ4n) is 4.43. The van der Waals surface area contributed by atoms with Crippen molar-refractivity contribution < 1.29 is 87.0 Å². The first kappa shape index (κ1) is 43.1. The van der Waals surface area contributed by atoms with Crippen LogP contribution in [0.1, 0.15) is 0 Å². The Bertz CT molecular complexity index is 3030. The van der Waals surface area contributed by atoms with Crippen LogP contribution in [0, 0.1) is 5.82 Å². The van der Waals surface area contributed by atoms with Crippen LogP contribution in [-0.2, 0) is 64.9 Å². The molecule has 4 rings (SSSR count). The summed E-state index contributed by atoms with van der Waals surface area (Å²) >= 11 is 0. The predicted molar refractivity (Wildman–Crippen MR) is 180 cm³/mol. The molecule has 0 heterocycles. The number of nitrogens with zero attached hydrogens (tertiary/aromatic N) is 4. The van der Waals surface area contributed by atoms with Gasteiger partial charge in [-0.05, 0) is 53.9 Å². The van der Waals surface area contributed by atoms with Crippen LogP contribution >= 0.6 is 0 Å². The number of nitrogens with two attached hydrogens (primary N) is 1. The van der Waals surface area contributed by atoms with Crippen LogP contribution in [0.3, 0.4) is 0 Å². The molecule has 0 aromatic heterocycles. The molecule has 0 aliphatic heterocycles. The quantitative estimate of drug-likeness (QED) is 0.0576. The number of sulfone groups is 1. The van der Waals surface area contributed by atoms with Crippen LogP contribution in [-0.4, -0.2) is 90.7 Å². The second-order valence-corrected chi connectivity index (χ2v) is 19.2. The molecule has 4 aromatic rings. The van der Waals surface area contributed by atoms with Crippen molar-refractivity contribution in [1.82, 2.24) is 0 Å². The number of rotatable bonds is 13. The highest BCUT2D eigenvalue weighted by atomic mass is 32.3. The number of phenols is 1. The van der Waals surface area contributed by atoms with Gasteiger partial charge in [0.15, 0.2) is 15.6 Å². The number of hydrogen-bond donors (Lipinski definition) is 7. The Kier molecular flexibility index (Phi) is 11.6. The minimum Gasteiger partial charge on any atom is -0.505 e. The van der Waals surface area contributed by atoms with Gasteiger partial charge in [-0.2, -0.15) is 42.1 Å². The molecule has 0 saturated heterocycles. The van der Waals surface area contributed by atoms with Gasteiger partial charge in [-0.15, -0.1) is 20.5 Å². The molecule has 298 valence electrons. The van der Waals surface area contributed by atoms with Crippen LogP contribution in [0.2, 0.25) is 0 Å². The number of phenolic OH excluding ortho intramolecular Hbond substituents is 1. The Morgan fingerprint density at radius 2 is 1.05 bits per heavy atom. The molecule has 55 heavy (non-hydrogen) atoms. The van der Waals surface area contributed by atoms with Crippen molar-refractivity contribution in [1.29, 1.82) is 0 Å². The molecule has 0 radical (unpaired) electrons. The van der Waals surface area contributed by atoms with E-state index in [0.717, 1.165) is 0 Å². The summed E-state index contributed by atoms with van der Waals surface area (Å²) in [6.07, 6.45) is 0. The first-order valence-corrected chi connectivity index (χ1v) is 22.3. The molecule has 0 fully saturated rings. The summed E-state index contributed by atoms with van der Waals surface area (Å²) in [4.78, 5) is -6.05. The molecule has 31 heteroatoms. The zero-order valence-electron chi connectivity index (χ0n) is 26.2. The highest BCUT2D eigenvalue weighted by Crippen LogP contribution is 2.48. The molecule has 0 bridgehead atoms. The van der Waals surface area contributed by atoms with Gasteiger partial charge in [0.25, 0.3) is 40.5 Å². The van der Waals surface area contributed by atoms with Crippen molar-refractivity contribution in [2.24, 2.45) is 20.5 Å². The van der Waals surface area contributed by atoms with E-state index in [9.17, 15) is 78.2 Å². The molecule has 4 aromatic carbocycles. The lowest BCUT2D eigenvalue weighted by molar-refractivity contribution is 0.284. The summed E-state index contributed by atoms with van der Waals surface area (Å²) in [5.41, 5.74) is 0.890. The van der Waals surface area contributed by atoms with Gasteiger partial charge in [0.05, 0.1) is 28.3 Å². The summed E-state index contributed by atoms with van der Waals surface area (Å²) in [5, 5.41) is 23.4. The van der Waals surface area contributed by atoms with Gasteiger partial charge in [-0.3, -0.25) is 22.8 Å². The van der Waals surface area contributed by atoms with Crippen LogP contribution in [0.4, 0.5) is 32.8 Å². The third kappa shape index (κ3) is 9.96. The normalized spacial score (nSPS) is 13.6. The largest absolute Gasteiger partial charge is 0.505 e. The molecule has 0 unspecified atom stereocenters. The number of benzene rings is 4. The van der Waals surface area contributed by atoms with E-state index >= 15 is 0 Å². The third-order valence-corrected chi connectivity index (χ3v) is 12.4. The van der Waals surface area contributed by atoms with Gasteiger partial charge in [0.1, 0.15) is 48.1 Å². The smallest absolute Gasteiger partial charge is 0.397 e. The average molecular weight is 894 g/mol. The highest BCUT2D eigenvalue weighted by molar-refractivity contribution is 7.91. The first-order valence-electron chi connectivity index (χ1n) is 13.6. The molecule has 0 aliphatic rings. The van der Waals surface area contributed by atoms with Crippen molar-refractivity contribution in [3.63, 3.8) is 0 Å². The summed E-state index contributed by atoms with van der Waals surface area (Å²) < 4.78 is 209. The van der Waals surface area contributed by atoms with Crippen molar-refractivity contribution in [2.75, 3.05) is 18.1 Å². The third-order valence-electron chi connectivity index (χ3n) is 6.74. The Morgan fingerprint density at radius 3 is 1.55 bits per heavy atom. The lowest BCUT2D eigenvalue weighted by Gasteiger charge is -2.14.